The van der Waals surface area contributed by atoms with Crippen LogP contribution in [0.3, 0.4) is 0 Å². The van der Waals surface area contributed by atoms with Gasteiger partial charge in [0.15, 0.2) is 0 Å². The summed E-state index contributed by atoms with van der Waals surface area (Å²) in [4.78, 5) is 5.25. The highest BCUT2D eigenvalue weighted by atomic mass is 32.2. The number of nitrogens with one attached hydrogen (secondary N) is 2. The summed E-state index contributed by atoms with van der Waals surface area (Å²) >= 11 is 1.52. The predicted molar refractivity (Wildman–Crippen MR) is 76.7 cm³/mol. The van der Waals surface area contributed by atoms with E-state index in [1.165, 1.54) is 29.7 Å². The summed E-state index contributed by atoms with van der Waals surface area (Å²) < 4.78 is 26.8. The molecule has 0 aliphatic carbocycles. The molecule has 2 rings (SSSR count). The van der Waals surface area contributed by atoms with Gasteiger partial charge in [0, 0.05) is 30.2 Å². The van der Waals surface area contributed by atoms with Crippen molar-refractivity contribution in [2.45, 2.75) is 18.4 Å². The van der Waals surface area contributed by atoms with Crippen molar-refractivity contribution in [1.82, 2.24) is 9.71 Å². The van der Waals surface area contributed by atoms with E-state index < -0.39 is 10.0 Å². The Kier molecular flexibility index (Phi) is 4.52. The van der Waals surface area contributed by atoms with E-state index in [0.717, 1.165) is 4.88 Å². The van der Waals surface area contributed by atoms with Crippen molar-refractivity contribution in [2.75, 3.05) is 11.9 Å². The molecule has 0 unspecified atom stereocenters. The molecule has 0 aliphatic heterocycles. The van der Waals surface area contributed by atoms with Gasteiger partial charge in [-0.25, -0.2) is 18.1 Å². The number of pyridine rings is 1. The first-order chi connectivity index (χ1) is 9.12. The van der Waals surface area contributed by atoms with Gasteiger partial charge in [0.05, 0.1) is 4.90 Å². The number of thiophene rings is 1. The monoisotopic (exact) mass is 297 g/mol. The SMILES string of the molecule is CCNc1cc(S(=O)(=O)NCc2cccs2)ccn1. The maximum Gasteiger partial charge on any atom is 0.241 e. The minimum atomic E-state index is -3.50. The molecule has 2 aromatic rings. The van der Waals surface area contributed by atoms with Gasteiger partial charge in [0.25, 0.3) is 0 Å². The van der Waals surface area contributed by atoms with Gasteiger partial charge in [-0.05, 0) is 24.4 Å². The minimum Gasteiger partial charge on any atom is -0.370 e. The van der Waals surface area contributed by atoms with Gasteiger partial charge >= 0.3 is 0 Å². The van der Waals surface area contributed by atoms with E-state index in [2.05, 4.69) is 15.0 Å². The smallest absolute Gasteiger partial charge is 0.241 e. The van der Waals surface area contributed by atoms with Crippen LogP contribution in [-0.2, 0) is 16.6 Å². The molecule has 19 heavy (non-hydrogen) atoms. The number of hydrogen-bond acceptors (Lipinski definition) is 5. The molecule has 0 aliphatic rings. The first kappa shape index (κ1) is 14.0. The fraction of sp³-hybridized carbons (Fsp3) is 0.250. The highest BCUT2D eigenvalue weighted by molar-refractivity contribution is 7.89. The second-order valence-corrected chi connectivity index (χ2v) is 6.61. The molecular formula is C12H15N3O2S2. The Hall–Kier alpha value is -1.44. The molecule has 0 amide bonds. The van der Waals surface area contributed by atoms with Gasteiger partial charge in [0.1, 0.15) is 5.82 Å². The quantitative estimate of drug-likeness (QED) is 0.856. The zero-order valence-electron chi connectivity index (χ0n) is 10.5. The second-order valence-electron chi connectivity index (χ2n) is 3.81. The van der Waals surface area contributed by atoms with Crippen molar-refractivity contribution in [2.24, 2.45) is 0 Å². The fourth-order valence-electron chi connectivity index (χ4n) is 1.52. The van der Waals surface area contributed by atoms with Crippen LogP contribution in [-0.4, -0.2) is 19.9 Å². The number of nitrogens with zero attached hydrogens (tertiary/aromatic N) is 1. The van der Waals surface area contributed by atoms with Gasteiger partial charge in [-0.2, -0.15) is 0 Å². The highest BCUT2D eigenvalue weighted by Gasteiger charge is 2.14. The van der Waals surface area contributed by atoms with E-state index >= 15 is 0 Å². The molecule has 0 saturated carbocycles. The molecule has 0 radical (unpaired) electrons. The van der Waals surface area contributed by atoms with Crippen LogP contribution in [0.2, 0.25) is 0 Å². The molecular weight excluding hydrogens is 282 g/mol. The van der Waals surface area contributed by atoms with Gasteiger partial charge in [0.2, 0.25) is 10.0 Å². The van der Waals surface area contributed by atoms with E-state index in [1.54, 1.807) is 0 Å². The summed E-state index contributed by atoms with van der Waals surface area (Å²) in [6, 6.07) is 6.80. The first-order valence-electron chi connectivity index (χ1n) is 5.84. The van der Waals surface area contributed by atoms with E-state index in [1.807, 2.05) is 24.4 Å². The topological polar surface area (TPSA) is 71.1 Å². The number of anilines is 1. The Morgan fingerprint density at radius 3 is 2.89 bits per heavy atom. The van der Waals surface area contributed by atoms with Gasteiger partial charge in [-0.15, -0.1) is 11.3 Å². The van der Waals surface area contributed by atoms with Crippen molar-refractivity contribution in [1.29, 1.82) is 0 Å². The fourth-order valence-corrected chi connectivity index (χ4v) is 3.27. The van der Waals surface area contributed by atoms with Crippen LogP contribution in [0, 0.1) is 0 Å². The summed E-state index contributed by atoms with van der Waals surface area (Å²) in [5, 5.41) is 4.90. The van der Waals surface area contributed by atoms with Crippen molar-refractivity contribution in [3.05, 3.63) is 40.7 Å². The maximum atomic E-state index is 12.1. The highest BCUT2D eigenvalue weighted by Crippen LogP contribution is 2.14. The summed E-state index contributed by atoms with van der Waals surface area (Å²) in [5.41, 5.74) is 0. The standard InChI is InChI=1S/C12H15N3O2S2/c1-2-13-12-8-11(5-6-14-12)19(16,17)15-9-10-4-3-7-18-10/h3-8,15H,2,9H2,1H3,(H,13,14). The molecule has 102 valence electrons. The Morgan fingerprint density at radius 2 is 2.21 bits per heavy atom. The predicted octanol–water partition coefficient (Wildman–Crippen LogP) is 2.05. The molecule has 0 fully saturated rings. The van der Waals surface area contributed by atoms with Gasteiger partial charge in [-0.1, -0.05) is 6.07 Å². The van der Waals surface area contributed by atoms with Gasteiger partial charge < -0.3 is 5.32 Å². The Morgan fingerprint density at radius 1 is 1.37 bits per heavy atom. The van der Waals surface area contributed by atoms with Crippen molar-refractivity contribution in [3.8, 4) is 0 Å². The molecule has 2 N–H and O–H groups in total. The van der Waals surface area contributed by atoms with Crippen molar-refractivity contribution in [3.63, 3.8) is 0 Å². The molecule has 2 heterocycles. The van der Waals surface area contributed by atoms with E-state index in [-0.39, 0.29) is 4.90 Å². The molecule has 2 aromatic heterocycles. The molecule has 0 spiro atoms. The van der Waals surface area contributed by atoms with Crippen LogP contribution >= 0.6 is 11.3 Å². The van der Waals surface area contributed by atoms with Crippen LogP contribution in [0.25, 0.3) is 0 Å². The Labute approximate surface area is 116 Å². The van der Waals surface area contributed by atoms with E-state index in [9.17, 15) is 8.42 Å². The second kappa shape index (κ2) is 6.14. The largest absolute Gasteiger partial charge is 0.370 e. The minimum absolute atomic E-state index is 0.218. The van der Waals surface area contributed by atoms with Crippen molar-refractivity contribution < 1.29 is 8.42 Å². The Bertz CT molecular complexity index is 624. The number of aromatic nitrogens is 1. The number of rotatable bonds is 6. The normalized spacial score (nSPS) is 11.4. The third-order valence-electron chi connectivity index (χ3n) is 2.42. The lowest BCUT2D eigenvalue weighted by Crippen LogP contribution is -2.23. The van der Waals surface area contributed by atoms with Crippen LogP contribution in [0.1, 0.15) is 11.8 Å². The summed E-state index contributed by atoms with van der Waals surface area (Å²) in [5.74, 6) is 0.557. The molecule has 0 aromatic carbocycles. The lowest BCUT2D eigenvalue weighted by molar-refractivity contribution is 0.581. The molecule has 5 nitrogen and oxygen atoms in total. The number of hydrogen-bond donors (Lipinski definition) is 2. The lowest BCUT2D eigenvalue weighted by Gasteiger charge is -2.07. The zero-order valence-corrected chi connectivity index (χ0v) is 12.1. The molecule has 0 atom stereocenters. The lowest BCUT2D eigenvalue weighted by atomic mass is 10.4. The molecule has 0 bridgehead atoms. The third-order valence-corrected chi connectivity index (χ3v) is 4.69. The van der Waals surface area contributed by atoms with Crippen LogP contribution in [0.4, 0.5) is 5.82 Å². The maximum absolute atomic E-state index is 12.1. The summed E-state index contributed by atoms with van der Waals surface area (Å²) in [6.07, 6.45) is 1.48. The van der Waals surface area contributed by atoms with E-state index in [0.29, 0.717) is 18.9 Å². The average molecular weight is 297 g/mol. The average Bonchev–Trinajstić information content (AvgIpc) is 2.90. The third kappa shape index (κ3) is 3.76. The van der Waals surface area contributed by atoms with E-state index in [4.69, 9.17) is 0 Å². The number of sulfonamides is 1. The zero-order chi connectivity index (χ0) is 13.7. The first-order valence-corrected chi connectivity index (χ1v) is 8.20. The Balaban J connectivity index is 2.12. The summed E-state index contributed by atoms with van der Waals surface area (Å²) in [7, 11) is -3.50. The van der Waals surface area contributed by atoms with Crippen molar-refractivity contribution >= 4 is 27.2 Å². The van der Waals surface area contributed by atoms with Crippen LogP contribution in [0.15, 0.2) is 40.7 Å². The van der Waals surface area contributed by atoms with Crippen LogP contribution < -0.4 is 10.0 Å². The molecule has 7 heteroatoms. The molecule has 0 saturated heterocycles. The van der Waals surface area contributed by atoms with Crippen LogP contribution in [0.5, 0.6) is 0 Å². The summed E-state index contributed by atoms with van der Waals surface area (Å²) in [6.45, 7) is 2.93. The van der Waals surface area contributed by atoms with Gasteiger partial charge in [-0.3, -0.25) is 0 Å².